The number of nitrogens with one attached hydrogen (secondary N) is 2. The molecule has 0 fully saturated rings. The lowest BCUT2D eigenvalue weighted by Gasteiger charge is -2.16. The Morgan fingerprint density at radius 2 is 1.71 bits per heavy atom. The molecule has 0 aliphatic carbocycles. The number of rotatable bonds is 5. The maximum atomic E-state index is 13.1. The van der Waals surface area contributed by atoms with Gasteiger partial charge in [-0.3, -0.25) is 14.8 Å². The molecule has 0 aliphatic heterocycles. The van der Waals surface area contributed by atoms with E-state index in [1.165, 1.54) is 18.5 Å². The quantitative estimate of drug-likeness (QED) is 0.637. The molecule has 146 valence electrons. The van der Waals surface area contributed by atoms with Crippen molar-refractivity contribution in [2.24, 2.45) is 0 Å². The number of carbonyl (C=O) groups excluding carboxylic acids is 1. The summed E-state index contributed by atoms with van der Waals surface area (Å²) in [5.41, 5.74) is 0.744. The Bertz CT molecular complexity index is 921. The fourth-order valence-electron chi connectivity index (χ4n) is 2.37. The number of halogens is 4. The van der Waals surface area contributed by atoms with Crippen LogP contribution in [0, 0.1) is 0 Å². The van der Waals surface area contributed by atoms with Crippen molar-refractivity contribution in [1.29, 1.82) is 0 Å². The highest BCUT2D eigenvalue weighted by Crippen LogP contribution is 2.34. The molecule has 3 aromatic rings. The smallest absolute Gasteiger partial charge is 0.379 e. The Kier molecular flexibility index (Phi) is 6.94. The molecule has 1 aromatic carbocycles. The highest BCUT2D eigenvalue weighted by atomic mass is 35.5. The van der Waals surface area contributed by atoms with Crippen molar-refractivity contribution < 1.29 is 18.0 Å². The molecule has 3 rings (SSSR count). The zero-order chi connectivity index (χ0) is 19.3. The summed E-state index contributed by atoms with van der Waals surface area (Å²) in [6.07, 6.45) is 1.60. The van der Waals surface area contributed by atoms with Crippen LogP contribution in [0.2, 0.25) is 0 Å². The van der Waals surface area contributed by atoms with Gasteiger partial charge in [-0.2, -0.15) is 13.2 Å². The van der Waals surface area contributed by atoms with E-state index in [1.807, 2.05) is 0 Å². The van der Waals surface area contributed by atoms with Crippen molar-refractivity contribution in [3.05, 3.63) is 83.9 Å². The molecule has 0 saturated heterocycles. The Morgan fingerprint density at radius 1 is 0.964 bits per heavy atom. The Balaban J connectivity index is 0.00000280. The van der Waals surface area contributed by atoms with Crippen LogP contribution in [0.1, 0.15) is 21.5 Å². The first-order valence-electron chi connectivity index (χ1n) is 7.99. The Morgan fingerprint density at radius 3 is 2.36 bits per heavy atom. The van der Waals surface area contributed by atoms with Crippen molar-refractivity contribution in [2.75, 3.05) is 10.6 Å². The summed E-state index contributed by atoms with van der Waals surface area (Å²) < 4.78 is 39.2. The van der Waals surface area contributed by atoms with Crippen LogP contribution in [0.25, 0.3) is 0 Å². The van der Waals surface area contributed by atoms with E-state index >= 15 is 0 Å². The van der Waals surface area contributed by atoms with E-state index in [0.29, 0.717) is 5.56 Å². The van der Waals surface area contributed by atoms with E-state index in [0.717, 1.165) is 17.7 Å². The van der Waals surface area contributed by atoms with Gasteiger partial charge in [-0.05, 0) is 48.0 Å². The molecule has 2 N–H and O–H groups in total. The number of carbonyl (C=O) groups is 1. The first kappa shape index (κ1) is 21.2. The maximum Gasteiger partial charge on any atom is 0.416 e. The standard InChI is InChI=1S/C19H15F3N4O.ClH/c20-19(21,22)15-3-4-16(26-18(27)14-2-1-7-24-12-14)17(10-15)25-11-13-5-8-23-9-6-13;/h1-10,12,25H,11H2,(H,26,27);1H. The molecule has 1 amide bonds. The zero-order valence-corrected chi connectivity index (χ0v) is 15.2. The van der Waals surface area contributed by atoms with Crippen LogP contribution >= 0.6 is 12.4 Å². The zero-order valence-electron chi connectivity index (χ0n) is 14.4. The largest absolute Gasteiger partial charge is 0.416 e. The number of pyridine rings is 2. The Hall–Kier alpha value is -3.13. The molecule has 0 saturated carbocycles. The molecular formula is C19H16ClF3N4O. The van der Waals surface area contributed by atoms with Crippen LogP contribution < -0.4 is 10.6 Å². The van der Waals surface area contributed by atoms with Crippen LogP contribution in [0.4, 0.5) is 24.5 Å². The fraction of sp³-hybridized carbons (Fsp3) is 0.105. The molecule has 0 radical (unpaired) electrons. The van der Waals surface area contributed by atoms with Crippen molar-refractivity contribution in [2.45, 2.75) is 12.7 Å². The number of aromatic nitrogens is 2. The molecule has 28 heavy (non-hydrogen) atoms. The second-order valence-electron chi connectivity index (χ2n) is 5.66. The van der Waals surface area contributed by atoms with Gasteiger partial charge < -0.3 is 10.6 Å². The second-order valence-corrected chi connectivity index (χ2v) is 5.66. The number of benzene rings is 1. The predicted octanol–water partition coefficient (Wildman–Crippen LogP) is 4.78. The van der Waals surface area contributed by atoms with Crippen molar-refractivity contribution in [3.63, 3.8) is 0 Å². The van der Waals surface area contributed by atoms with Crippen molar-refractivity contribution >= 4 is 29.7 Å². The lowest BCUT2D eigenvalue weighted by molar-refractivity contribution is -0.137. The highest BCUT2D eigenvalue weighted by molar-refractivity contribution is 6.05. The lowest BCUT2D eigenvalue weighted by atomic mass is 10.1. The molecular weight excluding hydrogens is 393 g/mol. The summed E-state index contributed by atoms with van der Waals surface area (Å²) >= 11 is 0. The topological polar surface area (TPSA) is 66.9 Å². The third-order valence-corrected chi connectivity index (χ3v) is 3.75. The fourth-order valence-corrected chi connectivity index (χ4v) is 2.37. The monoisotopic (exact) mass is 408 g/mol. The van der Waals surface area contributed by atoms with E-state index in [-0.39, 0.29) is 30.3 Å². The summed E-state index contributed by atoms with van der Waals surface area (Å²) in [4.78, 5) is 20.1. The molecule has 5 nitrogen and oxygen atoms in total. The average Bonchev–Trinajstić information content (AvgIpc) is 2.68. The van der Waals surface area contributed by atoms with Gasteiger partial charge in [-0.1, -0.05) is 0 Å². The van der Waals surface area contributed by atoms with Crippen LogP contribution in [-0.4, -0.2) is 15.9 Å². The van der Waals surface area contributed by atoms with Gasteiger partial charge in [-0.15, -0.1) is 12.4 Å². The number of alkyl halides is 3. The van der Waals surface area contributed by atoms with Gasteiger partial charge in [0.1, 0.15) is 0 Å². The Labute approximate surface area is 165 Å². The normalized spacial score (nSPS) is 10.7. The minimum absolute atomic E-state index is 0. The summed E-state index contributed by atoms with van der Waals surface area (Å²) in [7, 11) is 0. The van der Waals surface area contributed by atoms with Gasteiger partial charge in [0.05, 0.1) is 22.5 Å². The molecule has 0 bridgehead atoms. The summed E-state index contributed by atoms with van der Waals surface area (Å²) in [6.45, 7) is 0.277. The minimum atomic E-state index is -4.49. The van der Waals surface area contributed by atoms with Crippen LogP contribution in [0.3, 0.4) is 0 Å². The van der Waals surface area contributed by atoms with Crippen LogP contribution in [-0.2, 0) is 12.7 Å². The summed E-state index contributed by atoms with van der Waals surface area (Å²) in [6, 6.07) is 9.78. The molecule has 0 atom stereocenters. The van der Waals surface area contributed by atoms with Gasteiger partial charge in [0.2, 0.25) is 0 Å². The van der Waals surface area contributed by atoms with Crippen molar-refractivity contribution in [1.82, 2.24) is 9.97 Å². The first-order valence-corrected chi connectivity index (χ1v) is 7.99. The molecule has 9 heteroatoms. The molecule has 0 aliphatic rings. The molecule has 2 aromatic heterocycles. The van der Waals surface area contributed by atoms with E-state index in [1.54, 1.807) is 36.7 Å². The van der Waals surface area contributed by atoms with Gasteiger partial charge in [0.25, 0.3) is 5.91 Å². The number of hydrogen-bond donors (Lipinski definition) is 2. The van der Waals surface area contributed by atoms with E-state index < -0.39 is 17.6 Å². The molecule has 0 unspecified atom stereocenters. The number of anilines is 2. The third kappa shape index (κ3) is 5.43. The number of nitrogens with zero attached hydrogens (tertiary/aromatic N) is 2. The minimum Gasteiger partial charge on any atom is -0.379 e. The van der Waals surface area contributed by atoms with Gasteiger partial charge in [0, 0.05) is 31.3 Å². The van der Waals surface area contributed by atoms with Gasteiger partial charge >= 0.3 is 6.18 Å². The third-order valence-electron chi connectivity index (χ3n) is 3.75. The summed E-state index contributed by atoms with van der Waals surface area (Å²) in [5, 5.41) is 5.56. The second kappa shape index (κ2) is 9.18. The lowest BCUT2D eigenvalue weighted by Crippen LogP contribution is -2.15. The highest BCUT2D eigenvalue weighted by Gasteiger charge is 2.31. The van der Waals surface area contributed by atoms with Gasteiger partial charge in [-0.25, -0.2) is 0 Å². The van der Waals surface area contributed by atoms with E-state index in [9.17, 15) is 18.0 Å². The molecule has 0 spiro atoms. The SMILES string of the molecule is Cl.O=C(Nc1ccc(C(F)(F)F)cc1NCc1ccncc1)c1cccnc1. The van der Waals surface area contributed by atoms with Gasteiger partial charge in [0.15, 0.2) is 0 Å². The first-order chi connectivity index (χ1) is 12.9. The van der Waals surface area contributed by atoms with Crippen molar-refractivity contribution in [3.8, 4) is 0 Å². The molecule has 2 heterocycles. The summed E-state index contributed by atoms with van der Waals surface area (Å²) in [5.74, 6) is -0.463. The van der Waals surface area contributed by atoms with Crippen LogP contribution in [0.15, 0.2) is 67.3 Å². The van der Waals surface area contributed by atoms with Crippen LogP contribution in [0.5, 0.6) is 0 Å². The average molecular weight is 409 g/mol. The number of hydrogen-bond acceptors (Lipinski definition) is 4. The maximum absolute atomic E-state index is 13.1. The van der Waals surface area contributed by atoms with E-state index in [2.05, 4.69) is 20.6 Å². The predicted molar refractivity (Wildman–Crippen MR) is 102 cm³/mol. The van der Waals surface area contributed by atoms with E-state index in [4.69, 9.17) is 0 Å². The number of amides is 1.